The summed E-state index contributed by atoms with van der Waals surface area (Å²) in [4.78, 5) is 32.6. The summed E-state index contributed by atoms with van der Waals surface area (Å²) < 4.78 is 5.17. The molecule has 4 rings (SSSR count). The minimum absolute atomic E-state index is 0.121. The van der Waals surface area contributed by atoms with E-state index in [4.69, 9.17) is 20.6 Å². The molecule has 8 heteroatoms. The summed E-state index contributed by atoms with van der Waals surface area (Å²) in [5.74, 6) is 4.60. The van der Waals surface area contributed by atoms with Gasteiger partial charge < -0.3 is 19.5 Å². The van der Waals surface area contributed by atoms with Gasteiger partial charge in [0, 0.05) is 0 Å². The van der Waals surface area contributed by atoms with Crippen molar-refractivity contribution in [1.29, 1.82) is 0 Å². The summed E-state index contributed by atoms with van der Waals surface area (Å²) in [6.07, 6.45) is 0. The van der Waals surface area contributed by atoms with Crippen LogP contribution >= 0.6 is 0 Å². The van der Waals surface area contributed by atoms with Gasteiger partial charge in [-0.2, -0.15) is 5.90 Å². The number of carboxylic acids is 1. The van der Waals surface area contributed by atoms with Crippen molar-refractivity contribution >= 4 is 17.6 Å². The number of ether oxygens (including phenoxy) is 1. The number of carbonyl (C=O) groups excluding carboxylic acids is 1. The van der Waals surface area contributed by atoms with E-state index in [0.717, 1.165) is 5.69 Å². The quantitative estimate of drug-likeness (QED) is 0.202. The highest BCUT2D eigenvalue weighted by atomic mass is 16.6. The highest BCUT2D eigenvalue weighted by Gasteiger charge is 2.14. The van der Waals surface area contributed by atoms with Gasteiger partial charge in [-0.3, -0.25) is 0 Å². The molecule has 172 valence electrons. The Morgan fingerprint density at radius 3 is 1.82 bits per heavy atom. The molecule has 0 saturated heterocycles. The standard InChI is InChI=1S/2C13H11NO3/c14-17-12-9-5-4-8-11(12)13(15)16-10-6-2-1-3-7-10;15-13(16)11-8-4-5-9-12(11)17-14-10-6-2-1-3-7-10/h1-9H,14H2;1-9,14H,(H,15,16). The van der Waals surface area contributed by atoms with E-state index in [1.165, 1.54) is 6.07 Å². The summed E-state index contributed by atoms with van der Waals surface area (Å²) >= 11 is 0. The lowest BCUT2D eigenvalue weighted by molar-refractivity contribution is 0.0690. The molecular weight excluding hydrogens is 436 g/mol. The third-order valence-electron chi connectivity index (χ3n) is 4.36. The second-order valence-electron chi connectivity index (χ2n) is 6.69. The van der Waals surface area contributed by atoms with E-state index in [9.17, 15) is 9.59 Å². The van der Waals surface area contributed by atoms with Gasteiger partial charge in [-0.05, 0) is 48.5 Å². The highest BCUT2D eigenvalue weighted by Crippen LogP contribution is 2.20. The molecule has 8 nitrogen and oxygen atoms in total. The molecule has 0 aliphatic rings. The number of nitrogens with two attached hydrogens (primary N) is 1. The molecule has 4 aromatic rings. The second-order valence-corrected chi connectivity index (χ2v) is 6.69. The van der Waals surface area contributed by atoms with Gasteiger partial charge in [-0.1, -0.05) is 60.7 Å². The lowest BCUT2D eigenvalue weighted by Crippen LogP contribution is -2.12. The summed E-state index contributed by atoms with van der Waals surface area (Å²) in [6.45, 7) is 0. The zero-order valence-electron chi connectivity index (χ0n) is 18.0. The largest absolute Gasteiger partial charge is 0.478 e. The van der Waals surface area contributed by atoms with Crippen molar-refractivity contribution in [2.45, 2.75) is 0 Å². The number of rotatable bonds is 7. The molecule has 0 unspecified atom stereocenters. The fourth-order valence-corrected chi connectivity index (χ4v) is 2.74. The van der Waals surface area contributed by atoms with Crippen LogP contribution in [0.2, 0.25) is 0 Å². The number of hydrogen-bond donors (Lipinski definition) is 3. The Balaban J connectivity index is 0.000000191. The second kappa shape index (κ2) is 12.3. The Morgan fingerprint density at radius 2 is 1.21 bits per heavy atom. The van der Waals surface area contributed by atoms with Crippen LogP contribution in [0.15, 0.2) is 109 Å². The lowest BCUT2D eigenvalue weighted by atomic mass is 10.2. The van der Waals surface area contributed by atoms with Gasteiger partial charge in [0.15, 0.2) is 11.5 Å². The molecule has 0 aromatic heterocycles. The van der Waals surface area contributed by atoms with Crippen LogP contribution in [0.4, 0.5) is 5.69 Å². The topological polar surface area (TPSA) is 120 Å². The first-order valence-electron chi connectivity index (χ1n) is 10.1. The Morgan fingerprint density at radius 1 is 0.676 bits per heavy atom. The van der Waals surface area contributed by atoms with Gasteiger partial charge in [-0.15, -0.1) is 0 Å². The molecule has 0 radical (unpaired) electrons. The van der Waals surface area contributed by atoms with E-state index in [-0.39, 0.29) is 17.1 Å². The Hall–Kier alpha value is -4.82. The summed E-state index contributed by atoms with van der Waals surface area (Å²) in [6, 6.07) is 31.1. The average Bonchev–Trinajstić information content (AvgIpc) is 2.89. The average molecular weight is 458 g/mol. The van der Waals surface area contributed by atoms with Gasteiger partial charge >= 0.3 is 11.9 Å². The van der Waals surface area contributed by atoms with Crippen LogP contribution in [0.3, 0.4) is 0 Å². The van der Waals surface area contributed by atoms with Crippen LogP contribution in [-0.4, -0.2) is 17.0 Å². The van der Waals surface area contributed by atoms with Gasteiger partial charge in [0.1, 0.15) is 16.9 Å². The van der Waals surface area contributed by atoms with Crippen molar-refractivity contribution in [3.63, 3.8) is 0 Å². The van der Waals surface area contributed by atoms with Gasteiger partial charge in [0.2, 0.25) is 0 Å². The van der Waals surface area contributed by atoms with Crippen LogP contribution in [0, 0.1) is 0 Å². The molecule has 0 aliphatic carbocycles. The Labute approximate surface area is 196 Å². The van der Waals surface area contributed by atoms with E-state index in [0.29, 0.717) is 11.3 Å². The van der Waals surface area contributed by atoms with E-state index >= 15 is 0 Å². The highest BCUT2D eigenvalue weighted by molar-refractivity contribution is 5.94. The zero-order valence-corrected chi connectivity index (χ0v) is 18.0. The van der Waals surface area contributed by atoms with Crippen molar-refractivity contribution in [1.82, 2.24) is 0 Å². The minimum Gasteiger partial charge on any atom is -0.478 e. The third-order valence-corrected chi connectivity index (χ3v) is 4.36. The Bertz CT molecular complexity index is 1220. The molecular formula is C26H22N2O6. The molecule has 0 spiro atoms. The smallest absolute Gasteiger partial charge is 0.347 e. The minimum atomic E-state index is -1.02. The molecule has 0 heterocycles. The zero-order chi connectivity index (χ0) is 24.2. The number of carbonyl (C=O) groups is 2. The molecule has 0 amide bonds. The number of anilines is 1. The van der Waals surface area contributed by atoms with Crippen LogP contribution in [0.1, 0.15) is 20.7 Å². The maximum absolute atomic E-state index is 11.8. The summed E-state index contributed by atoms with van der Waals surface area (Å²) in [5.41, 5.74) is 3.86. The van der Waals surface area contributed by atoms with Crippen molar-refractivity contribution < 1.29 is 29.1 Å². The predicted octanol–water partition coefficient (Wildman–Crippen LogP) is 4.95. The number of benzene rings is 4. The van der Waals surface area contributed by atoms with Crippen molar-refractivity contribution in [2.75, 3.05) is 5.48 Å². The first kappa shape index (κ1) is 23.8. The molecule has 0 aliphatic heterocycles. The number of para-hydroxylation sites is 4. The number of aromatic carboxylic acids is 1. The van der Waals surface area contributed by atoms with E-state index < -0.39 is 11.9 Å². The molecule has 0 saturated carbocycles. The van der Waals surface area contributed by atoms with Crippen molar-refractivity contribution in [3.8, 4) is 17.2 Å². The maximum atomic E-state index is 11.8. The lowest BCUT2D eigenvalue weighted by Gasteiger charge is -2.09. The number of nitrogens with one attached hydrogen (secondary N) is 1. The monoisotopic (exact) mass is 458 g/mol. The first-order valence-corrected chi connectivity index (χ1v) is 10.1. The molecule has 0 atom stereocenters. The van der Waals surface area contributed by atoms with Gasteiger partial charge in [0.05, 0.1) is 5.69 Å². The fraction of sp³-hybridized carbons (Fsp3) is 0. The summed E-state index contributed by atoms with van der Waals surface area (Å²) in [5, 5.41) is 8.96. The predicted molar refractivity (Wildman–Crippen MR) is 127 cm³/mol. The van der Waals surface area contributed by atoms with Crippen LogP contribution < -0.4 is 25.8 Å². The number of hydrogen-bond acceptors (Lipinski definition) is 7. The number of esters is 1. The fourth-order valence-electron chi connectivity index (χ4n) is 2.74. The SMILES string of the molecule is NOc1ccccc1C(=O)Oc1ccccc1.O=C(O)c1ccccc1ONc1ccccc1. The van der Waals surface area contributed by atoms with Gasteiger partial charge in [-0.25, -0.2) is 15.1 Å². The maximum Gasteiger partial charge on any atom is 0.347 e. The molecule has 4 aromatic carbocycles. The third kappa shape index (κ3) is 6.84. The first-order chi connectivity index (χ1) is 16.6. The molecule has 0 fully saturated rings. The molecule has 0 bridgehead atoms. The van der Waals surface area contributed by atoms with Gasteiger partial charge in [0.25, 0.3) is 0 Å². The molecule has 34 heavy (non-hydrogen) atoms. The normalized spacial score (nSPS) is 9.68. The molecule has 4 N–H and O–H groups in total. The number of carboxylic acid groups (broad SMARTS) is 1. The van der Waals surface area contributed by atoms with Crippen molar-refractivity contribution in [2.24, 2.45) is 5.90 Å². The van der Waals surface area contributed by atoms with E-state index in [1.807, 2.05) is 36.4 Å². The van der Waals surface area contributed by atoms with E-state index in [2.05, 4.69) is 10.3 Å². The van der Waals surface area contributed by atoms with Crippen LogP contribution in [0.5, 0.6) is 17.2 Å². The van der Waals surface area contributed by atoms with Crippen LogP contribution in [0.25, 0.3) is 0 Å². The Kier molecular flexibility index (Phi) is 8.61. The summed E-state index contributed by atoms with van der Waals surface area (Å²) in [7, 11) is 0. The van der Waals surface area contributed by atoms with E-state index in [1.54, 1.807) is 66.7 Å². The van der Waals surface area contributed by atoms with Crippen molar-refractivity contribution in [3.05, 3.63) is 120 Å². The van der Waals surface area contributed by atoms with Crippen LogP contribution in [-0.2, 0) is 0 Å².